The molecule has 132 valence electrons. The molecular weight excluding hydrogens is 300 g/mol. The van der Waals surface area contributed by atoms with Gasteiger partial charge in [-0.05, 0) is 12.8 Å². The number of carbonyl (C=O) groups is 3. The van der Waals surface area contributed by atoms with Gasteiger partial charge in [-0.25, -0.2) is 0 Å². The van der Waals surface area contributed by atoms with E-state index in [1.165, 1.54) is 0 Å². The third kappa shape index (κ3) is 6.56. The average Bonchev–Trinajstić information content (AvgIpc) is 2.52. The minimum absolute atomic E-state index is 0.00917. The number of aliphatic carboxylic acids is 1. The molecule has 23 heavy (non-hydrogen) atoms. The van der Waals surface area contributed by atoms with Crippen LogP contribution in [0.5, 0.6) is 0 Å². The van der Waals surface area contributed by atoms with E-state index in [9.17, 15) is 14.4 Å². The van der Waals surface area contributed by atoms with E-state index in [1.54, 1.807) is 9.80 Å². The number of carbonyl (C=O) groups excluding carboxylic acids is 2. The molecule has 0 aromatic heterocycles. The second-order valence-electron chi connectivity index (χ2n) is 5.79. The Kier molecular flexibility index (Phi) is 8.61. The van der Waals surface area contributed by atoms with Gasteiger partial charge in [0.1, 0.15) is 0 Å². The molecule has 0 saturated carbocycles. The minimum atomic E-state index is -0.952. The quantitative estimate of drug-likeness (QED) is 0.685. The Balaban J connectivity index is 2.52. The fourth-order valence-electron chi connectivity index (χ4n) is 2.77. The zero-order valence-corrected chi connectivity index (χ0v) is 14.1. The van der Waals surface area contributed by atoms with Gasteiger partial charge in [0.2, 0.25) is 11.8 Å². The van der Waals surface area contributed by atoms with E-state index in [0.717, 1.165) is 12.8 Å². The van der Waals surface area contributed by atoms with E-state index in [1.807, 2.05) is 13.8 Å². The maximum Gasteiger partial charge on any atom is 0.305 e. The van der Waals surface area contributed by atoms with Crippen molar-refractivity contribution in [1.82, 2.24) is 9.80 Å². The summed E-state index contributed by atoms with van der Waals surface area (Å²) in [5.74, 6) is -1.13. The van der Waals surface area contributed by atoms with Crippen LogP contribution in [0.2, 0.25) is 0 Å². The molecule has 1 heterocycles. The van der Waals surface area contributed by atoms with E-state index >= 15 is 0 Å². The summed E-state index contributed by atoms with van der Waals surface area (Å²) in [4.78, 5) is 38.8. The van der Waals surface area contributed by atoms with Crippen molar-refractivity contribution in [1.29, 1.82) is 0 Å². The number of hydrogen-bond donors (Lipinski definition) is 1. The summed E-state index contributed by atoms with van der Waals surface area (Å²) in [6.07, 6.45) is 1.96. The number of ether oxygens (including phenoxy) is 1. The molecule has 1 rings (SSSR count). The number of carboxylic acid groups (broad SMARTS) is 1. The molecule has 1 N–H and O–H groups in total. The molecule has 1 aliphatic rings. The van der Waals surface area contributed by atoms with Gasteiger partial charge < -0.3 is 19.6 Å². The highest BCUT2D eigenvalue weighted by atomic mass is 16.5. The first-order valence-electron chi connectivity index (χ1n) is 8.36. The number of morpholine rings is 1. The fraction of sp³-hybridized carbons (Fsp3) is 0.812. The molecule has 0 radical (unpaired) electrons. The summed E-state index contributed by atoms with van der Waals surface area (Å²) in [7, 11) is 0. The highest BCUT2D eigenvalue weighted by Crippen LogP contribution is 2.13. The van der Waals surface area contributed by atoms with Crippen LogP contribution in [0.15, 0.2) is 0 Å². The molecule has 2 amide bonds. The standard InChI is InChI=1S/C16H28N2O5/c1-3-7-17(8-4-2)14(19)5-6-15(20)18-9-10-23-12-13(18)11-16(21)22/h13H,3-12H2,1-2H3,(H,21,22). The van der Waals surface area contributed by atoms with Crippen molar-refractivity contribution in [2.45, 2.75) is 52.0 Å². The van der Waals surface area contributed by atoms with E-state index in [0.29, 0.717) is 26.2 Å². The summed E-state index contributed by atoms with van der Waals surface area (Å²) >= 11 is 0. The fourth-order valence-corrected chi connectivity index (χ4v) is 2.77. The lowest BCUT2D eigenvalue weighted by Gasteiger charge is -2.35. The second kappa shape index (κ2) is 10.2. The van der Waals surface area contributed by atoms with Crippen molar-refractivity contribution in [2.24, 2.45) is 0 Å². The van der Waals surface area contributed by atoms with E-state index in [4.69, 9.17) is 9.84 Å². The third-order valence-electron chi connectivity index (χ3n) is 3.85. The van der Waals surface area contributed by atoms with Crippen LogP contribution in [0.3, 0.4) is 0 Å². The summed E-state index contributed by atoms with van der Waals surface area (Å²) < 4.78 is 5.26. The molecule has 0 aliphatic carbocycles. The Hall–Kier alpha value is -1.63. The van der Waals surface area contributed by atoms with Gasteiger partial charge in [-0.15, -0.1) is 0 Å². The van der Waals surface area contributed by atoms with Gasteiger partial charge in [0.15, 0.2) is 0 Å². The van der Waals surface area contributed by atoms with Crippen LogP contribution in [0, 0.1) is 0 Å². The third-order valence-corrected chi connectivity index (χ3v) is 3.85. The lowest BCUT2D eigenvalue weighted by molar-refractivity contribution is -0.147. The molecule has 0 bridgehead atoms. The van der Waals surface area contributed by atoms with Crippen molar-refractivity contribution in [3.8, 4) is 0 Å². The first kappa shape index (κ1) is 19.4. The first-order chi connectivity index (χ1) is 11.0. The Morgan fingerprint density at radius 3 is 2.39 bits per heavy atom. The molecule has 0 spiro atoms. The van der Waals surface area contributed by atoms with Crippen molar-refractivity contribution < 1.29 is 24.2 Å². The normalized spacial score (nSPS) is 17.8. The van der Waals surface area contributed by atoms with Crippen molar-refractivity contribution in [3.05, 3.63) is 0 Å². The molecule has 1 atom stereocenters. The van der Waals surface area contributed by atoms with Crippen LogP contribution in [0.1, 0.15) is 46.0 Å². The van der Waals surface area contributed by atoms with Crippen molar-refractivity contribution in [3.63, 3.8) is 0 Å². The smallest absolute Gasteiger partial charge is 0.305 e. The molecule has 1 saturated heterocycles. The van der Waals surface area contributed by atoms with Crippen LogP contribution >= 0.6 is 0 Å². The van der Waals surface area contributed by atoms with E-state index in [2.05, 4.69) is 0 Å². The van der Waals surface area contributed by atoms with E-state index in [-0.39, 0.29) is 37.7 Å². The van der Waals surface area contributed by atoms with Gasteiger partial charge >= 0.3 is 5.97 Å². The molecular formula is C16H28N2O5. The molecule has 7 nitrogen and oxygen atoms in total. The van der Waals surface area contributed by atoms with Crippen LogP contribution in [0.25, 0.3) is 0 Å². The second-order valence-corrected chi connectivity index (χ2v) is 5.79. The molecule has 1 fully saturated rings. The average molecular weight is 328 g/mol. The number of hydrogen-bond acceptors (Lipinski definition) is 4. The number of carboxylic acids is 1. The zero-order valence-electron chi connectivity index (χ0n) is 14.1. The van der Waals surface area contributed by atoms with Crippen molar-refractivity contribution >= 4 is 17.8 Å². The summed E-state index contributed by atoms with van der Waals surface area (Å²) in [5.41, 5.74) is 0. The van der Waals surface area contributed by atoms with Gasteiger partial charge in [0.25, 0.3) is 0 Å². The predicted molar refractivity (Wildman–Crippen MR) is 85.0 cm³/mol. The van der Waals surface area contributed by atoms with Gasteiger partial charge in [0.05, 0.1) is 25.7 Å². The molecule has 0 aromatic carbocycles. The Labute approximate surface area is 137 Å². The van der Waals surface area contributed by atoms with E-state index < -0.39 is 12.0 Å². The first-order valence-corrected chi connectivity index (χ1v) is 8.36. The number of nitrogens with zero attached hydrogens (tertiary/aromatic N) is 2. The van der Waals surface area contributed by atoms with Gasteiger partial charge in [-0.2, -0.15) is 0 Å². The predicted octanol–water partition coefficient (Wildman–Crippen LogP) is 1.12. The lowest BCUT2D eigenvalue weighted by atomic mass is 10.1. The Morgan fingerprint density at radius 1 is 1.17 bits per heavy atom. The Bertz CT molecular complexity index is 407. The maximum absolute atomic E-state index is 12.3. The van der Waals surface area contributed by atoms with Crippen molar-refractivity contribution in [2.75, 3.05) is 32.8 Å². The van der Waals surface area contributed by atoms with Crippen LogP contribution in [-0.2, 0) is 19.1 Å². The van der Waals surface area contributed by atoms with Crippen LogP contribution < -0.4 is 0 Å². The Morgan fingerprint density at radius 2 is 1.83 bits per heavy atom. The summed E-state index contributed by atoms with van der Waals surface area (Å²) in [5, 5.41) is 8.92. The van der Waals surface area contributed by atoms with Gasteiger partial charge in [0, 0.05) is 32.5 Å². The molecule has 1 aliphatic heterocycles. The topological polar surface area (TPSA) is 87.2 Å². The molecule has 1 unspecified atom stereocenters. The maximum atomic E-state index is 12.3. The van der Waals surface area contributed by atoms with Crippen LogP contribution in [0.4, 0.5) is 0 Å². The highest BCUT2D eigenvalue weighted by molar-refractivity contribution is 5.84. The number of rotatable bonds is 9. The zero-order chi connectivity index (χ0) is 17.2. The largest absolute Gasteiger partial charge is 0.481 e. The summed E-state index contributed by atoms with van der Waals surface area (Å²) in [6, 6.07) is -0.439. The monoisotopic (exact) mass is 328 g/mol. The lowest BCUT2D eigenvalue weighted by Crippen LogP contribution is -2.49. The van der Waals surface area contributed by atoms with Gasteiger partial charge in [-0.3, -0.25) is 14.4 Å². The van der Waals surface area contributed by atoms with Crippen LogP contribution in [-0.4, -0.2) is 71.6 Å². The van der Waals surface area contributed by atoms with Gasteiger partial charge in [-0.1, -0.05) is 13.8 Å². The summed E-state index contributed by atoms with van der Waals surface area (Å²) in [6.45, 7) is 6.49. The minimum Gasteiger partial charge on any atom is -0.481 e. The number of amides is 2. The SMILES string of the molecule is CCCN(CCC)C(=O)CCC(=O)N1CCOCC1CC(=O)O. The highest BCUT2D eigenvalue weighted by Gasteiger charge is 2.29. The molecule has 0 aromatic rings. The molecule has 7 heteroatoms.